The second-order valence-electron chi connectivity index (χ2n) is 9.28. The molecule has 0 spiro atoms. The number of hydrogen-bond donors (Lipinski definition) is 4. The fourth-order valence-corrected chi connectivity index (χ4v) is 5.21. The minimum absolute atomic E-state index is 0.000918. The Kier molecular flexibility index (Phi) is 8.74. The van der Waals surface area contributed by atoms with Crippen LogP contribution in [0.5, 0.6) is 0 Å². The Morgan fingerprint density at radius 1 is 0.571 bits per heavy atom. The van der Waals surface area contributed by atoms with Crippen LogP contribution in [0.25, 0.3) is 0 Å². The van der Waals surface area contributed by atoms with Gasteiger partial charge < -0.3 is 21.3 Å². The average Bonchev–Trinajstić information content (AvgIpc) is 2.73. The molecule has 0 aliphatic heterocycles. The van der Waals surface area contributed by atoms with Gasteiger partial charge in [0.15, 0.2) is 0 Å². The number of urea groups is 2. The van der Waals surface area contributed by atoms with Gasteiger partial charge >= 0.3 is 12.1 Å². The minimum Gasteiger partial charge on any atom is -0.338 e. The van der Waals surface area contributed by atoms with Crippen molar-refractivity contribution in [1.82, 2.24) is 21.3 Å². The molecule has 3 rings (SSSR count). The van der Waals surface area contributed by atoms with E-state index in [1.54, 1.807) is 0 Å². The Balaban J connectivity index is 1.28. The summed E-state index contributed by atoms with van der Waals surface area (Å²) in [6.45, 7) is 1.51. The molecule has 0 bridgehead atoms. The molecule has 6 heteroatoms. The number of carbonyl (C=O) groups is 2. The molecule has 160 valence electrons. The topological polar surface area (TPSA) is 82.3 Å². The van der Waals surface area contributed by atoms with Crippen LogP contribution < -0.4 is 21.3 Å². The zero-order chi connectivity index (χ0) is 19.6. The molecule has 0 saturated heterocycles. The van der Waals surface area contributed by atoms with Crippen molar-refractivity contribution in [3.63, 3.8) is 0 Å². The van der Waals surface area contributed by atoms with E-state index < -0.39 is 0 Å². The van der Waals surface area contributed by atoms with Crippen LogP contribution in [0.3, 0.4) is 0 Å². The van der Waals surface area contributed by atoms with E-state index in [9.17, 15) is 9.59 Å². The van der Waals surface area contributed by atoms with Crippen molar-refractivity contribution in [3.8, 4) is 0 Å². The standard InChI is InChI=1S/C22H40N4O2/c27-21(25-19-10-3-1-4-11-19)23-15-17-8-7-9-18(14-17)16-24-22(28)26-20-12-5-2-6-13-20/h17-20H,1-16H2,(H2,23,25,27)(H2,24,26,28)/t17-,18+. The van der Waals surface area contributed by atoms with Gasteiger partial charge in [-0.1, -0.05) is 44.9 Å². The lowest BCUT2D eigenvalue weighted by Gasteiger charge is -2.30. The van der Waals surface area contributed by atoms with Crippen molar-refractivity contribution >= 4 is 12.1 Å². The summed E-state index contributed by atoms with van der Waals surface area (Å²) in [7, 11) is 0. The summed E-state index contributed by atoms with van der Waals surface area (Å²) in [5, 5.41) is 12.4. The summed E-state index contributed by atoms with van der Waals surface area (Å²) in [4.78, 5) is 24.3. The SMILES string of the molecule is O=C(NC[C@H]1CCC[C@@H](CNC(=O)NC2CCCCC2)C1)NC1CCCCC1. The Labute approximate surface area is 170 Å². The van der Waals surface area contributed by atoms with E-state index in [4.69, 9.17) is 0 Å². The first-order chi connectivity index (χ1) is 13.7. The number of nitrogens with one attached hydrogen (secondary N) is 4. The quantitative estimate of drug-likeness (QED) is 0.550. The molecule has 3 aliphatic carbocycles. The maximum atomic E-state index is 12.2. The molecule has 3 fully saturated rings. The van der Waals surface area contributed by atoms with E-state index in [0.29, 0.717) is 23.9 Å². The normalized spacial score (nSPS) is 27.0. The van der Waals surface area contributed by atoms with Crippen LogP contribution in [0.1, 0.15) is 89.9 Å². The van der Waals surface area contributed by atoms with E-state index >= 15 is 0 Å². The summed E-state index contributed by atoms with van der Waals surface area (Å²) in [6, 6.07) is 0.720. The molecule has 3 aliphatic rings. The van der Waals surface area contributed by atoms with Crippen LogP contribution >= 0.6 is 0 Å². The fraction of sp³-hybridized carbons (Fsp3) is 0.909. The molecule has 0 aromatic carbocycles. The number of carbonyl (C=O) groups excluding carboxylic acids is 2. The Bertz CT molecular complexity index is 445. The smallest absolute Gasteiger partial charge is 0.315 e. The van der Waals surface area contributed by atoms with Crippen LogP contribution in [0.2, 0.25) is 0 Å². The summed E-state index contributed by atoms with van der Waals surface area (Å²) < 4.78 is 0. The first kappa shape index (κ1) is 21.3. The molecule has 2 atom stereocenters. The van der Waals surface area contributed by atoms with Crippen LogP contribution in [-0.2, 0) is 0 Å². The highest BCUT2D eigenvalue weighted by Gasteiger charge is 2.24. The zero-order valence-corrected chi connectivity index (χ0v) is 17.4. The predicted molar refractivity (Wildman–Crippen MR) is 112 cm³/mol. The van der Waals surface area contributed by atoms with Gasteiger partial charge in [-0.2, -0.15) is 0 Å². The molecule has 0 radical (unpaired) electrons. The van der Waals surface area contributed by atoms with Crippen LogP contribution in [0.4, 0.5) is 9.59 Å². The average molecular weight is 393 g/mol. The molecule has 4 amide bonds. The fourth-order valence-electron chi connectivity index (χ4n) is 5.21. The lowest BCUT2D eigenvalue weighted by Crippen LogP contribution is -2.46. The molecule has 6 nitrogen and oxygen atoms in total. The van der Waals surface area contributed by atoms with E-state index in [-0.39, 0.29) is 12.1 Å². The maximum Gasteiger partial charge on any atom is 0.315 e. The molecule has 4 N–H and O–H groups in total. The number of amides is 4. The molecule has 3 saturated carbocycles. The first-order valence-electron chi connectivity index (χ1n) is 11.8. The minimum atomic E-state index is -0.000918. The first-order valence-corrected chi connectivity index (χ1v) is 11.8. The van der Waals surface area contributed by atoms with Crippen LogP contribution in [0.15, 0.2) is 0 Å². The molecule has 0 aromatic rings. The highest BCUT2D eigenvalue weighted by atomic mass is 16.2. The highest BCUT2D eigenvalue weighted by molar-refractivity contribution is 5.74. The van der Waals surface area contributed by atoms with Gasteiger partial charge in [-0.25, -0.2) is 9.59 Å². The number of rotatable bonds is 6. The molecule has 28 heavy (non-hydrogen) atoms. The second kappa shape index (κ2) is 11.5. The monoisotopic (exact) mass is 392 g/mol. The third-order valence-corrected chi connectivity index (χ3v) is 6.87. The number of hydrogen-bond acceptors (Lipinski definition) is 2. The second-order valence-corrected chi connectivity index (χ2v) is 9.28. The third-order valence-electron chi connectivity index (χ3n) is 6.87. The van der Waals surface area contributed by atoms with Crippen LogP contribution in [-0.4, -0.2) is 37.2 Å². The Hall–Kier alpha value is -1.46. The summed E-state index contributed by atoms with van der Waals surface area (Å²) in [6.07, 6.45) is 16.6. The zero-order valence-electron chi connectivity index (χ0n) is 17.4. The lowest BCUT2D eigenvalue weighted by molar-refractivity contribution is 0.215. The van der Waals surface area contributed by atoms with Gasteiger partial charge in [-0.15, -0.1) is 0 Å². The van der Waals surface area contributed by atoms with E-state index in [2.05, 4.69) is 21.3 Å². The van der Waals surface area contributed by atoms with E-state index in [0.717, 1.165) is 45.2 Å². The maximum absolute atomic E-state index is 12.2. The Morgan fingerprint density at radius 3 is 1.43 bits per heavy atom. The van der Waals surface area contributed by atoms with Gasteiger partial charge in [0.2, 0.25) is 0 Å². The third kappa shape index (κ3) is 7.51. The van der Waals surface area contributed by atoms with Gasteiger partial charge in [-0.3, -0.25) is 0 Å². The molecule has 0 aromatic heterocycles. The van der Waals surface area contributed by atoms with Gasteiger partial charge in [0, 0.05) is 25.2 Å². The predicted octanol–water partition coefficient (Wildman–Crippen LogP) is 4.06. The van der Waals surface area contributed by atoms with Gasteiger partial charge in [0.05, 0.1) is 0 Å². The largest absolute Gasteiger partial charge is 0.338 e. The van der Waals surface area contributed by atoms with E-state index in [1.807, 2.05) is 0 Å². The van der Waals surface area contributed by atoms with Crippen molar-refractivity contribution in [2.45, 2.75) is 102 Å². The van der Waals surface area contributed by atoms with Crippen molar-refractivity contribution in [2.24, 2.45) is 11.8 Å². The van der Waals surface area contributed by atoms with Crippen molar-refractivity contribution in [2.75, 3.05) is 13.1 Å². The lowest BCUT2D eigenvalue weighted by atomic mass is 9.81. The van der Waals surface area contributed by atoms with Crippen LogP contribution in [0, 0.1) is 11.8 Å². The Morgan fingerprint density at radius 2 is 1.00 bits per heavy atom. The molecular weight excluding hydrogens is 352 g/mol. The highest BCUT2D eigenvalue weighted by Crippen LogP contribution is 2.28. The van der Waals surface area contributed by atoms with Gasteiger partial charge in [-0.05, 0) is 56.8 Å². The van der Waals surface area contributed by atoms with E-state index in [1.165, 1.54) is 57.8 Å². The summed E-state index contributed by atoms with van der Waals surface area (Å²) in [5.41, 5.74) is 0. The molecule has 0 heterocycles. The van der Waals surface area contributed by atoms with Crippen molar-refractivity contribution in [3.05, 3.63) is 0 Å². The molecule has 0 unspecified atom stereocenters. The van der Waals surface area contributed by atoms with Crippen molar-refractivity contribution < 1.29 is 9.59 Å². The molecular formula is C22H40N4O2. The van der Waals surface area contributed by atoms with Gasteiger partial charge in [0.25, 0.3) is 0 Å². The summed E-state index contributed by atoms with van der Waals surface area (Å²) >= 11 is 0. The van der Waals surface area contributed by atoms with Crippen molar-refractivity contribution in [1.29, 1.82) is 0 Å². The summed E-state index contributed by atoms with van der Waals surface area (Å²) in [5.74, 6) is 1.05. The van der Waals surface area contributed by atoms with Gasteiger partial charge in [0.1, 0.15) is 0 Å².